The number of hydrogen-bond acceptors (Lipinski definition) is 3. The topological polar surface area (TPSA) is 35.5 Å². The van der Waals surface area contributed by atoms with E-state index in [1.165, 1.54) is 12.1 Å². The maximum Gasteiger partial charge on any atom is 0.123 e. The molecule has 1 aromatic carbocycles. The van der Waals surface area contributed by atoms with E-state index in [0.717, 1.165) is 37.3 Å². The molecule has 1 fully saturated rings. The third-order valence-corrected chi connectivity index (χ3v) is 3.37. The summed E-state index contributed by atoms with van der Waals surface area (Å²) >= 11 is 0. The summed E-state index contributed by atoms with van der Waals surface area (Å²) in [4.78, 5) is 2.21. The fraction of sp³-hybridized carbons (Fsp3) is 0.538. The van der Waals surface area contributed by atoms with Crippen LogP contribution in [0.1, 0.15) is 17.2 Å². The normalized spacial score (nSPS) is 19.2. The van der Waals surface area contributed by atoms with E-state index in [2.05, 4.69) is 10.2 Å². The van der Waals surface area contributed by atoms with Gasteiger partial charge in [0.2, 0.25) is 0 Å². The Morgan fingerprint density at radius 1 is 1.41 bits per heavy atom. The van der Waals surface area contributed by atoms with Crippen LogP contribution in [0.5, 0.6) is 0 Å². The van der Waals surface area contributed by atoms with Crippen molar-refractivity contribution in [3.05, 3.63) is 35.1 Å². The van der Waals surface area contributed by atoms with Crippen molar-refractivity contribution in [2.75, 3.05) is 32.8 Å². The van der Waals surface area contributed by atoms with E-state index in [0.29, 0.717) is 0 Å². The average molecular weight is 238 g/mol. The number of benzene rings is 1. The summed E-state index contributed by atoms with van der Waals surface area (Å²) in [7, 11) is 0. The molecule has 0 bridgehead atoms. The number of rotatable bonds is 3. The molecule has 0 spiro atoms. The molecule has 4 heteroatoms. The molecular formula is C13H19FN2O. The zero-order valence-corrected chi connectivity index (χ0v) is 10.1. The third-order valence-electron chi connectivity index (χ3n) is 3.37. The predicted molar refractivity (Wildman–Crippen MR) is 65.4 cm³/mol. The summed E-state index contributed by atoms with van der Waals surface area (Å²) in [6.07, 6.45) is 0. The number of aliphatic hydroxyl groups excluding tert-OH is 1. The van der Waals surface area contributed by atoms with Crippen LogP contribution in [0.15, 0.2) is 18.2 Å². The summed E-state index contributed by atoms with van der Waals surface area (Å²) in [6.45, 7) is 5.61. The molecule has 0 aliphatic carbocycles. The summed E-state index contributed by atoms with van der Waals surface area (Å²) < 4.78 is 13.3. The Kier molecular flexibility index (Phi) is 4.10. The molecule has 1 aromatic rings. The van der Waals surface area contributed by atoms with Gasteiger partial charge in [0.1, 0.15) is 5.82 Å². The van der Waals surface area contributed by atoms with Gasteiger partial charge in [0.15, 0.2) is 0 Å². The van der Waals surface area contributed by atoms with E-state index in [1.807, 2.05) is 6.92 Å². The second-order valence-corrected chi connectivity index (χ2v) is 4.49. The number of hydrogen-bond donors (Lipinski definition) is 2. The first-order chi connectivity index (χ1) is 8.22. The van der Waals surface area contributed by atoms with E-state index >= 15 is 0 Å². The Morgan fingerprint density at radius 3 is 2.76 bits per heavy atom. The van der Waals surface area contributed by atoms with E-state index in [-0.39, 0.29) is 18.5 Å². The Labute approximate surface area is 101 Å². The molecule has 17 heavy (non-hydrogen) atoms. The monoisotopic (exact) mass is 238 g/mol. The molecule has 0 aromatic heterocycles. The van der Waals surface area contributed by atoms with Crippen molar-refractivity contribution in [2.45, 2.75) is 13.0 Å². The van der Waals surface area contributed by atoms with Gasteiger partial charge in [-0.1, -0.05) is 6.07 Å². The first-order valence-electron chi connectivity index (χ1n) is 6.04. The van der Waals surface area contributed by atoms with Crippen LogP contribution in [0.25, 0.3) is 0 Å². The zero-order chi connectivity index (χ0) is 12.3. The SMILES string of the molecule is Cc1ccc(F)cc1[C@@H](CO)N1CCNCC1. The first-order valence-corrected chi connectivity index (χ1v) is 6.04. The van der Waals surface area contributed by atoms with Crippen molar-refractivity contribution in [1.29, 1.82) is 0 Å². The highest BCUT2D eigenvalue weighted by Gasteiger charge is 2.22. The highest BCUT2D eigenvalue weighted by molar-refractivity contribution is 5.29. The fourth-order valence-corrected chi connectivity index (χ4v) is 2.37. The number of aryl methyl sites for hydroxylation is 1. The fourth-order valence-electron chi connectivity index (χ4n) is 2.37. The standard InChI is InChI=1S/C13H19FN2O/c1-10-2-3-11(14)8-12(10)13(9-17)16-6-4-15-5-7-16/h2-3,8,13,15,17H,4-7,9H2,1H3/t13-/m1/s1. The van der Waals surface area contributed by atoms with E-state index < -0.39 is 0 Å². The Bertz CT molecular complexity index is 378. The lowest BCUT2D eigenvalue weighted by Crippen LogP contribution is -2.46. The quantitative estimate of drug-likeness (QED) is 0.827. The molecule has 0 unspecified atom stereocenters. The lowest BCUT2D eigenvalue weighted by molar-refractivity contribution is 0.110. The number of nitrogens with one attached hydrogen (secondary N) is 1. The van der Waals surface area contributed by atoms with Gasteiger partial charge in [-0.2, -0.15) is 0 Å². The highest BCUT2D eigenvalue weighted by atomic mass is 19.1. The number of piperazine rings is 1. The van der Waals surface area contributed by atoms with Gasteiger partial charge in [-0.25, -0.2) is 4.39 Å². The molecule has 1 atom stereocenters. The largest absolute Gasteiger partial charge is 0.394 e. The maximum atomic E-state index is 13.3. The van der Waals surface area contributed by atoms with Crippen LogP contribution in [0, 0.1) is 12.7 Å². The number of halogens is 1. The molecule has 3 nitrogen and oxygen atoms in total. The van der Waals surface area contributed by atoms with Gasteiger partial charge in [0.05, 0.1) is 12.6 Å². The van der Waals surface area contributed by atoms with Crippen LogP contribution in [0.3, 0.4) is 0 Å². The van der Waals surface area contributed by atoms with Gasteiger partial charge in [0, 0.05) is 26.2 Å². The van der Waals surface area contributed by atoms with Crippen molar-refractivity contribution in [3.8, 4) is 0 Å². The summed E-state index contributed by atoms with van der Waals surface area (Å²) in [6, 6.07) is 4.69. The van der Waals surface area contributed by atoms with Gasteiger partial charge < -0.3 is 10.4 Å². The van der Waals surface area contributed by atoms with Crippen molar-refractivity contribution in [3.63, 3.8) is 0 Å². The van der Waals surface area contributed by atoms with Crippen molar-refractivity contribution in [1.82, 2.24) is 10.2 Å². The zero-order valence-electron chi connectivity index (χ0n) is 10.1. The van der Waals surface area contributed by atoms with E-state index in [1.54, 1.807) is 6.07 Å². The molecule has 94 valence electrons. The summed E-state index contributed by atoms with van der Waals surface area (Å²) in [5, 5.41) is 12.8. The third kappa shape index (κ3) is 2.83. The summed E-state index contributed by atoms with van der Waals surface area (Å²) in [5.41, 5.74) is 1.93. The van der Waals surface area contributed by atoms with Crippen molar-refractivity contribution < 1.29 is 9.50 Å². The van der Waals surface area contributed by atoms with Crippen LogP contribution in [-0.2, 0) is 0 Å². The molecule has 1 saturated heterocycles. The Balaban J connectivity index is 2.24. The smallest absolute Gasteiger partial charge is 0.123 e. The Morgan fingerprint density at radius 2 is 2.12 bits per heavy atom. The van der Waals surface area contributed by atoms with Crippen molar-refractivity contribution in [2.24, 2.45) is 0 Å². The number of aliphatic hydroxyl groups is 1. The maximum absolute atomic E-state index is 13.3. The van der Waals surface area contributed by atoms with Gasteiger partial charge in [0.25, 0.3) is 0 Å². The molecule has 1 heterocycles. The van der Waals surface area contributed by atoms with Gasteiger partial charge in [-0.05, 0) is 30.2 Å². The Hall–Kier alpha value is -0.970. The lowest BCUT2D eigenvalue weighted by Gasteiger charge is -2.34. The van der Waals surface area contributed by atoms with Crippen LogP contribution in [-0.4, -0.2) is 42.8 Å². The average Bonchev–Trinajstić information content (AvgIpc) is 2.36. The molecule has 0 radical (unpaired) electrons. The minimum atomic E-state index is -0.237. The second kappa shape index (κ2) is 5.58. The molecule has 2 rings (SSSR count). The van der Waals surface area contributed by atoms with Crippen LogP contribution in [0.2, 0.25) is 0 Å². The number of nitrogens with zero attached hydrogens (tertiary/aromatic N) is 1. The van der Waals surface area contributed by atoms with Crippen LogP contribution >= 0.6 is 0 Å². The molecule has 0 amide bonds. The van der Waals surface area contributed by atoms with E-state index in [9.17, 15) is 9.50 Å². The van der Waals surface area contributed by atoms with E-state index in [4.69, 9.17) is 0 Å². The molecule has 2 N–H and O–H groups in total. The minimum absolute atomic E-state index is 0.0320. The predicted octanol–water partition coefficient (Wildman–Crippen LogP) is 1.07. The second-order valence-electron chi connectivity index (χ2n) is 4.49. The molecular weight excluding hydrogens is 219 g/mol. The lowest BCUT2D eigenvalue weighted by atomic mass is 9.99. The summed E-state index contributed by atoms with van der Waals surface area (Å²) in [5.74, 6) is -0.237. The van der Waals surface area contributed by atoms with Crippen molar-refractivity contribution >= 4 is 0 Å². The van der Waals surface area contributed by atoms with Gasteiger partial charge in [-0.15, -0.1) is 0 Å². The minimum Gasteiger partial charge on any atom is -0.394 e. The van der Waals surface area contributed by atoms with Crippen LogP contribution < -0.4 is 5.32 Å². The highest BCUT2D eigenvalue weighted by Crippen LogP contribution is 2.24. The van der Waals surface area contributed by atoms with Gasteiger partial charge >= 0.3 is 0 Å². The first kappa shape index (κ1) is 12.5. The molecule has 1 aliphatic heterocycles. The van der Waals surface area contributed by atoms with Crippen LogP contribution in [0.4, 0.5) is 4.39 Å². The van der Waals surface area contributed by atoms with Gasteiger partial charge in [-0.3, -0.25) is 4.90 Å². The molecule has 1 aliphatic rings. The molecule has 0 saturated carbocycles.